The van der Waals surface area contributed by atoms with E-state index in [1.54, 1.807) is 0 Å². The third-order valence-corrected chi connectivity index (χ3v) is 0.671. The normalized spacial score (nSPS) is 5.71. The van der Waals surface area contributed by atoms with E-state index in [0.717, 1.165) is 19.3 Å². The molecule has 4 nitrogen and oxygen atoms in total. The van der Waals surface area contributed by atoms with Gasteiger partial charge in [-0.3, -0.25) is 0 Å². The van der Waals surface area contributed by atoms with Crippen molar-refractivity contribution in [1.29, 1.82) is 5.26 Å². The molecule has 0 aliphatic heterocycles. The fraction of sp³-hybridized carbons (Fsp3) is 0.900. The van der Waals surface area contributed by atoms with Crippen molar-refractivity contribution in [3.8, 4) is 5.40 Å². The van der Waals surface area contributed by atoms with E-state index in [-0.39, 0.29) is 42.0 Å². The van der Waals surface area contributed by atoms with Crippen LogP contribution in [0.3, 0.4) is 0 Å². The van der Waals surface area contributed by atoms with Crippen molar-refractivity contribution in [2.75, 3.05) is 19.8 Å². The maximum Gasteiger partial charge on any atom is 1.00 e. The SMILES string of the molecule is CCCO.CCCO.CCCO.Cl.N#C[S-].[Na+]. The molecule has 0 radical (unpaired) electrons. The van der Waals surface area contributed by atoms with Crippen LogP contribution in [-0.2, 0) is 12.6 Å². The molecule has 0 unspecified atom stereocenters. The molecule has 0 aliphatic rings. The molecule has 3 N–H and O–H groups in total. The average Bonchev–Trinajstić information content (AvgIpc) is 2.30. The van der Waals surface area contributed by atoms with Crippen LogP contribution < -0.4 is 29.6 Å². The van der Waals surface area contributed by atoms with Crippen molar-refractivity contribution >= 4 is 25.0 Å². The quantitative estimate of drug-likeness (QED) is 0.339. The Balaban J connectivity index is -0.0000000230. The van der Waals surface area contributed by atoms with E-state index in [2.05, 4.69) is 12.6 Å². The number of hydrogen-bond acceptors (Lipinski definition) is 5. The molecule has 7 heteroatoms. The summed E-state index contributed by atoms with van der Waals surface area (Å²) in [5.74, 6) is 0. The molecule has 0 aromatic carbocycles. The molecule has 0 heterocycles. The summed E-state index contributed by atoms with van der Waals surface area (Å²) in [5.41, 5.74) is 0. The van der Waals surface area contributed by atoms with E-state index in [4.69, 9.17) is 20.6 Å². The van der Waals surface area contributed by atoms with Crippen molar-refractivity contribution in [2.24, 2.45) is 0 Å². The summed E-state index contributed by atoms with van der Waals surface area (Å²) in [6, 6.07) is 0. The number of nitrogens with zero attached hydrogens (tertiary/aromatic N) is 1. The zero-order valence-corrected chi connectivity index (χ0v) is 15.0. The molecule has 0 atom stereocenters. The van der Waals surface area contributed by atoms with Crippen LogP contribution in [0.2, 0.25) is 0 Å². The molecule has 102 valence electrons. The Bertz CT molecular complexity index is 92.5. The van der Waals surface area contributed by atoms with Gasteiger partial charge in [-0.25, -0.2) is 5.26 Å². The van der Waals surface area contributed by atoms with E-state index in [9.17, 15) is 0 Å². The molecule has 0 aliphatic carbocycles. The van der Waals surface area contributed by atoms with Crippen LogP contribution in [-0.4, -0.2) is 35.1 Å². The summed E-state index contributed by atoms with van der Waals surface area (Å²) in [7, 11) is 0. The Morgan fingerprint density at radius 2 is 0.941 bits per heavy atom. The minimum atomic E-state index is 0. The van der Waals surface area contributed by atoms with Gasteiger partial charge in [0.05, 0.1) is 0 Å². The summed E-state index contributed by atoms with van der Waals surface area (Å²) in [6.45, 7) is 6.75. The molecule has 0 saturated heterocycles. The van der Waals surface area contributed by atoms with E-state index >= 15 is 0 Å². The van der Waals surface area contributed by atoms with Gasteiger partial charge in [0, 0.05) is 19.8 Å². The minimum Gasteiger partial charge on any atom is -0.696 e. The summed E-state index contributed by atoms with van der Waals surface area (Å²) in [4.78, 5) is 0. The van der Waals surface area contributed by atoms with Gasteiger partial charge in [-0.2, -0.15) is 0 Å². The number of rotatable bonds is 3. The van der Waals surface area contributed by atoms with Gasteiger partial charge in [-0.15, -0.1) is 12.4 Å². The summed E-state index contributed by atoms with van der Waals surface area (Å²) in [5, 5.41) is 32.1. The van der Waals surface area contributed by atoms with Crippen LogP contribution in [0, 0.1) is 10.7 Å². The molecule has 0 rings (SSSR count). The smallest absolute Gasteiger partial charge is 0.696 e. The first-order valence-corrected chi connectivity index (χ1v) is 5.41. The first-order valence-electron chi connectivity index (χ1n) is 5.00. The standard InChI is InChI=1S/3C3H8O.CHNS.ClH.Na/c3*1-2-3-4;2-1-3;;/h3*4H,2-3H2,1H3;3H;1H;/q;;;;;+1/p-1. The van der Waals surface area contributed by atoms with E-state index in [1.165, 1.54) is 5.40 Å². The molecular formula is C10H25ClNNaO3S. The second kappa shape index (κ2) is 68.6. The Morgan fingerprint density at radius 1 is 0.882 bits per heavy atom. The van der Waals surface area contributed by atoms with Crippen molar-refractivity contribution < 1.29 is 44.9 Å². The monoisotopic (exact) mass is 297 g/mol. The fourth-order valence-corrected chi connectivity index (χ4v) is 0. The summed E-state index contributed by atoms with van der Waals surface area (Å²) < 4.78 is 0. The second-order valence-corrected chi connectivity index (χ2v) is 2.44. The molecule has 0 saturated carbocycles. The van der Waals surface area contributed by atoms with Crippen LogP contribution in [0.5, 0.6) is 0 Å². The predicted molar refractivity (Wildman–Crippen MR) is 72.4 cm³/mol. The molecule has 0 amide bonds. The average molecular weight is 298 g/mol. The van der Waals surface area contributed by atoms with Gasteiger partial charge in [0.15, 0.2) is 0 Å². The molecule has 17 heavy (non-hydrogen) atoms. The molecule has 0 bridgehead atoms. The maximum atomic E-state index is 7.88. The first kappa shape index (κ1) is 36.1. The topological polar surface area (TPSA) is 84.5 Å². The molecular weight excluding hydrogens is 273 g/mol. The summed E-state index contributed by atoms with van der Waals surface area (Å²) >= 11 is 3.70. The van der Waals surface area contributed by atoms with Crippen LogP contribution in [0.25, 0.3) is 0 Å². The Morgan fingerprint density at radius 3 is 0.941 bits per heavy atom. The van der Waals surface area contributed by atoms with E-state index in [0.29, 0.717) is 19.8 Å². The zero-order chi connectivity index (χ0) is 12.9. The predicted octanol–water partition coefficient (Wildman–Crippen LogP) is -1.39. The second-order valence-electron chi connectivity index (χ2n) is 2.26. The maximum absolute atomic E-state index is 7.88. The number of halogens is 1. The van der Waals surface area contributed by atoms with Crippen LogP contribution >= 0.6 is 12.4 Å². The van der Waals surface area contributed by atoms with Gasteiger partial charge < -0.3 is 27.9 Å². The van der Waals surface area contributed by atoms with Crippen LogP contribution in [0.15, 0.2) is 0 Å². The molecule has 0 aromatic heterocycles. The Hall–Kier alpha value is 0.880. The third-order valence-electron chi connectivity index (χ3n) is 0.671. The number of hydrogen-bond donors (Lipinski definition) is 3. The van der Waals surface area contributed by atoms with Crippen molar-refractivity contribution in [1.82, 2.24) is 0 Å². The number of nitriles is 1. The van der Waals surface area contributed by atoms with Gasteiger partial charge in [0.1, 0.15) is 0 Å². The number of thiocyanates is 1. The van der Waals surface area contributed by atoms with Crippen molar-refractivity contribution in [2.45, 2.75) is 40.0 Å². The van der Waals surface area contributed by atoms with Gasteiger partial charge >= 0.3 is 29.6 Å². The van der Waals surface area contributed by atoms with E-state index in [1.807, 2.05) is 20.8 Å². The third kappa shape index (κ3) is 248. The van der Waals surface area contributed by atoms with Gasteiger partial charge in [0.2, 0.25) is 0 Å². The Kier molecular flexibility index (Phi) is 146. The Labute approximate surface area is 140 Å². The van der Waals surface area contributed by atoms with E-state index < -0.39 is 0 Å². The van der Waals surface area contributed by atoms with Crippen LogP contribution in [0.1, 0.15) is 40.0 Å². The largest absolute Gasteiger partial charge is 1.00 e. The molecule has 0 fully saturated rings. The van der Waals surface area contributed by atoms with Gasteiger partial charge in [-0.05, 0) is 19.3 Å². The van der Waals surface area contributed by atoms with Crippen molar-refractivity contribution in [3.63, 3.8) is 0 Å². The van der Waals surface area contributed by atoms with Gasteiger partial charge in [0.25, 0.3) is 0 Å². The first-order chi connectivity index (χ1) is 7.16. The summed E-state index contributed by atoms with van der Waals surface area (Å²) in [6.07, 6.45) is 2.62. The molecule has 0 spiro atoms. The van der Waals surface area contributed by atoms with Crippen LogP contribution in [0.4, 0.5) is 0 Å². The number of aliphatic hydroxyl groups excluding tert-OH is 3. The molecule has 0 aromatic rings. The number of aliphatic hydroxyl groups is 3. The fourth-order valence-electron chi connectivity index (χ4n) is 0. The van der Waals surface area contributed by atoms with Gasteiger partial charge in [-0.1, -0.05) is 26.2 Å². The minimum absolute atomic E-state index is 0. The van der Waals surface area contributed by atoms with Crippen molar-refractivity contribution in [3.05, 3.63) is 0 Å². The zero-order valence-electron chi connectivity index (χ0n) is 11.3.